The van der Waals surface area contributed by atoms with E-state index in [1.54, 1.807) is 7.11 Å². The summed E-state index contributed by atoms with van der Waals surface area (Å²) in [4.78, 5) is 32.2. The van der Waals surface area contributed by atoms with Gasteiger partial charge in [-0.2, -0.15) is 0 Å². The maximum absolute atomic E-state index is 13.3. The van der Waals surface area contributed by atoms with E-state index < -0.39 is 0 Å². The Bertz CT molecular complexity index is 747. The smallest absolute Gasteiger partial charge is 0.228 e. The number of nitrogens with zero attached hydrogens (tertiary/aromatic N) is 3. The van der Waals surface area contributed by atoms with Gasteiger partial charge in [0.2, 0.25) is 11.8 Å². The lowest BCUT2D eigenvalue weighted by atomic mass is 9.94. The van der Waals surface area contributed by atoms with E-state index in [1.807, 2.05) is 28.0 Å². The molecule has 1 aromatic rings. The monoisotopic (exact) mass is 399 g/mol. The van der Waals surface area contributed by atoms with Crippen LogP contribution < -0.4 is 4.74 Å². The number of hydrogen-bond acceptors (Lipinski definition) is 4. The average Bonchev–Trinajstić information content (AvgIpc) is 3.16. The van der Waals surface area contributed by atoms with Gasteiger partial charge in [-0.3, -0.25) is 14.5 Å². The van der Waals surface area contributed by atoms with Crippen LogP contribution in [0.3, 0.4) is 0 Å². The van der Waals surface area contributed by atoms with Crippen LogP contribution in [0.2, 0.25) is 0 Å². The van der Waals surface area contributed by atoms with Crippen LogP contribution in [0.5, 0.6) is 5.75 Å². The number of methoxy groups -OCH3 is 1. The Hall–Kier alpha value is -2.08. The minimum absolute atomic E-state index is 0.107. The van der Waals surface area contributed by atoms with Crippen LogP contribution in [0.1, 0.15) is 50.1 Å². The van der Waals surface area contributed by atoms with Gasteiger partial charge in [0, 0.05) is 44.2 Å². The molecule has 0 bridgehead atoms. The standard InChI is InChI=1S/C23H33N3O3/c1-24-12-13-25(16-20(24)19-10-6-7-11-21(19)29-2)23(28)17-14-22(27)26(15-17)18-8-4-3-5-9-18/h6-7,10-11,17-18,20H,3-5,8-9,12-16H2,1-2H3. The van der Waals surface area contributed by atoms with Gasteiger partial charge in [-0.25, -0.2) is 0 Å². The van der Waals surface area contributed by atoms with Gasteiger partial charge in [0.05, 0.1) is 19.1 Å². The molecule has 0 spiro atoms. The number of carbonyl (C=O) groups excluding carboxylic acids is 2. The van der Waals surface area contributed by atoms with E-state index in [2.05, 4.69) is 18.0 Å². The van der Waals surface area contributed by atoms with Gasteiger partial charge < -0.3 is 14.5 Å². The highest BCUT2D eigenvalue weighted by Crippen LogP contribution is 2.33. The van der Waals surface area contributed by atoms with E-state index in [-0.39, 0.29) is 23.8 Å². The molecule has 2 atom stereocenters. The second-order valence-electron chi connectivity index (χ2n) is 8.76. The van der Waals surface area contributed by atoms with Gasteiger partial charge in [0.25, 0.3) is 0 Å². The van der Waals surface area contributed by atoms with Crippen molar-refractivity contribution in [1.29, 1.82) is 0 Å². The van der Waals surface area contributed by atoms with Gasteiger partial charge >= 0.3 is 0 Å². The van der Waals surface area contributed by atoms with Crippen LogP contribution in [-0.2, 0) is 9.59 Å². The Balaban J connectivity index is 1.44. The van der Waals surface area contributed by atoms with Gasteiger partial charge in [0.15, 0.2) is 0 Å². The van der Waals surface area contributed by atoms with Crippen molar-refractivity contribution in [1.82, 2.24) is 14.7 Å². The van der Waals surface area contributed by atoms with Gasteiger partial charge in [-0.05, 0) is 26.0 Å². The van der Waals surface area contributed by atoms with E-state index in [0.717, 1.165) is 37.2 Å². The lowest BCUT2D eigenvalue weighted by Gasteiger charge is -2.41. The number of hydrogen-bond donors (Lipinski definition) is 0. The molecular weight excluding hydrogens is 366 g/mol. The molecule has 2 saturated heterocycles. The largest absolute Gasteiger partial charge is 0.496 e. The van der Waals surface area contributed by atoms with Gasteiger partial charge in [-0.1, -0.05) is 37.5 Å². The molecule has 6 nitrogen and oxygen atoms in total. The summed E-state index contributed by atoms with van der Waals surface area (Å²) in [7, 11) is 3.79. The number of carbonyl (C=O) groups is 2. The highest BCUT2D eigenvalue weighted by molar-refractivity contribution is 5.89. The van der Waals surface area contributed by atoms with E-state index in [0.29, 0.717) is 25.6 Å². The van der Waals surface area contributed by atoms with E-state index >= 15 is 0 Å². The van der Waals surface area contributed by atoms with Crippen molar-refractivity contribution in [2.75, 3.05) is 40.3 Å². The van der Waals surface area contributed by atoms with Crippen molar-refractivity contribution in [2.24, 2.45) is 5.92 Å². The summed E-state index contributed by atoms with van der Waals surface area (Å²) in [6, 6.07) is 8.50. The number of ether oxygens (including phenoxy) is 1. The first kappa shape index (κ1) is 20.2. The van der Waals surface area contributed by atoms with Crippen molar-refractivity contribution in [3.05, 3.63) is 29.8 Å². The molecule has 2 unspecified atom stereocenters. The molecule has 2 amide bonds. The first-order chi connectivity index (χ1) is 14.1. The maximum atomic E-state index is 13.3. The second-order valence-corrected chi connectivity index (χ2v) is 8.76. The van der Waals surface area contributed by atoms with Crippen molar-refractivity contribution in [3.63, 3.8) is 0 Å². The van der Waals surface area contributed by atoms with Crippen LogP contribution >= 0.6 is 0 Å². The molecule has 0 aromatic heterocycles. The first-order valence-electron chi connectivity index (χ1n) is 11.0. The molecular formula is C23H33N3O3. The Labute approximate surface area is 173 Å². The quantitative estimate of drug-likeness (QED) is 0.781. The topological polar surface area (TPSA) is 53.1 Å². The van der Waals surface area contributed by atoms with E-state index in [9.17, 15) is 9.59 Å². The summed E-state index contributed by atoms with van der Waals surface area (Å²) in [6.07, 6.45) is 6.24. The summed E-state index contributed by atoms with van der Waals surface area (Å²) in [5, 5.41) is 0. The summed E-state index contributed by atoms with van der Waals surface area (Å²) in [5.74, 6) is 0.986. The zero-order valence-electron chi connectivity index (χ0n) is 17.7. The summed E-state index contributed by atoms with van der Waals surface area (Å²) < 4.78 is 5.56. The van der Waals surface area contributed by atoms with Crippen LogP contribution in [0, 0.1) is 5.92 Å². The molecule has 6 heteroatoms. The molecule has 1 saturated carbocycles. The van der Waals surface area contributed by atoms with Crippen molar-refractivity contribution in [2.45, 2.75) is 50.6 Å². The Morgan fingerprint density at radius 1 is 1.07 bits per heavy atom. The third-order valence-corrected chi connectivity index (χ3v) is 6.98. The molecule has 4 rings (SSSR count). The third-order valence-electron chi connectivity index (χ3n) is 6.98. The summed E-state index contributed by atoms with van der Waals surface area (Å²) in [5.41, 5.74) is 1.11. The van der Waals surface area contributed by atoms with Crippen molar-refractivity contribution in [3.8, 4) is 5.75 Å². The molecule has 0 N–H and O–H groups in total. The highest BCUT2D eigenvalue weighted by Gasteiger charge is 2.41. The fourth-order valence-corrected chi connectivity index (χ4v) is 5.25. The fraction of sp³-hybridized carbons (Fsp3) is 0.652. The molecule has 0 radical (unpaired) electrons. The zero-order valence-corrected chi connectivity index (χ0v) is 17.7. The van der Waals surface area contributed by atoms with Crippen molar-refractivity contribution >= 4 is 11.8 Å². The maximum Gasteiger partial charge on any atom is 0.228 e. The Morgan fingerprint density at radius 2 is 1.83 bits per heavy atom. The number of benzene rings is 1. The predicted octanol–water partition coefficient (Wildman–Crippen LogP) is 2.69. The molecule has 1 aliphatic carbocycles. The molecule has 2 heterocycles. The van der Waals surface area contributed by atoms with Crippen molar-refractivity contribution < 1.29 is 14.3 Å². The lowest BCUT2D eigenvalue weighted by Crippen LogP contribution is -2.51. The Morgan fingerprint density at radius 3 is 2.59 bits per heavy atom. The molecule has 158 valence electrons. The number of piperazine rings is 1. The zero-order chi connectivity index (χ0) is 20.4. The number of amides is 2. The fourth-order valence-electron chi connectivity index (χ4n) is 5.25. The molecule has 1 aromatic carbocycles. The number of para-hydroxylation sites is 1. The van der Waals surface area contributed by atoms with E-state index in [1.165, 1.54) is 19.3 Å². The number of likely N-dealkylation sites (tertiary alicyclic amines) is 1. The highest BCUT2D eigenvalue weighted by atomic mass is 16.5. The molecule has 2 aliphatic heterocycles. The average molecular weight is 400 g/mol. The normalized spacial score (nSPS) is 26.8. The summed E-state index contributed by atoms with van der Waals surface area (Å²) in [6.45, 7) is 2.79. The molecule has 29 heavy (non-hydrogen) atoms. The summed E-state index contributed by atoms with van der Waals surface area (Å²) >= 11 is 0. The second kappa shape index (κ2) is 8.74. The first-order valence-corrected chi connectivity index (χ1v) is 11.0. The van der Waals surface area contributed by atoms with E-state index in [4.69, 9.17) is 4.74 Å². The van der Waals surface area contributed by atoms with Gasteiger partial charge in [0.1, 0.15) is 5.75 Å². The SMILES string of the molecule is COc1ccccc1C1CN(C(=O)C2CC(=O)N(C3CCCCC3)C2)CCN1C. The third kappa shape index (κ3) is 4.13. The van der Waals surface area contributed by atoms with Crippen LogP contribution in [0.15, 0.2) is 24.3 Å². The number of likely N-dealkylation sites (N-methyl/N-ethyl adjacent to an activating group) is 1. The van der Waals surface area contributed by atoms with Crippen LogP contribution in [-0.4, -0.2) is 72.9 Å². The van der Waals surface area contributed by atoms with Gasteiger partial charge in [-0.15, -0.1) is 0 Å². The molecule has 3 aliphatic rings. The van der Waals surface area contributed by atoms with Crippen LogP contribution in [0.4, 0.5) is 0 Å². The predicted molar refractivity (Wildman–Crippen MR) is 112 cm³/mol. The minimum atomic E-state index is -0.189. The lowest BCUT2D eigenvalue weighted by molar-refractivity contribution is -0.138. The van der Waals surface area contributed by atoms with Crippen LogP contribution in [0.25, 0.3) is 0 Å². The Kier molecular flexibility index (Phi) is 6.09. The number of rotatable bonds is 4. The minimum Gasteiger partial charge on any atom is -0.496 e. The molecule has 3 fully saturated rings.